The van der Waals surface area contributed by atoms with Crippen molar-refractivity contribution in [2.45, 2.75) is 51.1 Å². The summed E-state index contributed by atoms with van der Waals surface area (Å²) >= 11 is 0. The Morgan fingerprint density at radius 1 is 1.10 bits per heavy atom. The van der Waals surface area contributed by atoms with Gasteiger partial charge in [0.2, 0.25) is 0 Å². The lowest BCUT2D eigenvalue weighted by Crippen LogP contribution is -2.44. The lowest BCUT2D eigenvalue weighted by molar-refractivity contribution is -0.142. The normalized spacial score (nSPS) is 18.1. The molecule has 0 aliphatic carbocycles. The molecule has 0 bridgehead atoms. The number of nitrogens with zero attached hydrogens (tertiary/aromatic N) is 5. The van der Waals surface area contributed by atoms with Crippen molar-refractivity contribution < 1.29 is 21.6 Å². The summed E-state index contributed by atoms with van der Waals surface area (Å²) in [6, 6.07) is 2.64. The predicted molar refractivity (Wildman–Crippen MR) is 103 cm³/mol. The minimum absolute atomic E-state index is 0.121. The maximum Gasteiger partial charge on any atom is 0.433 e. The second kappa shape index (κ2) is 7.21. The number of aromatic nitrogens is 3. The van der Waals surface area contributed by atoms with E-state index < -0.39 is 27.5 Å². The van der Waals surface area contributed by atoms with E-state index in [2.05, 4.69) is 10.1 Å². The zero-order valence-electron chi connectivity index (χ0n) is 17.2. The van der Waals surface area contributed by atoms with Gasteiger partial charge in [0.15, 0.2) is 5.65 Å². The number of piperidine rings is 1. The fraction of sp³-hybridized carbons (Fsp3) is 0.667. The van der Waals surface area contributed by atoms with E-state index in [0.717, 1.165) is 14.9 Å². The number of hydrogen-bond donors (Lipinski definition) is 0. The van der Waals surface area contributed by atoms with Gasteiger partial charge < -0.3 is 0 Å². The van der Waals surface area contributed by atoms with Crippen LogP contribution in [0.1, 0.15) is 56.6 Å². The number of halogens is 3. The zero-order chi connectivity index (χ0) is 21.8. The van der Waals surface area contributed by atoms with Crippen LogP contribution in [-0.2, 0) is 21.8 Å². The first-order valence-electron chi connectivity index (χ1n) is 9.37. The molecular weight excluding hydrogens is 407 g/mol. The molecule has 29 heavy (non-hydrogen) atoms. The quantitative estimate of drug-likeness (QED) is 0.746. The van der Waals surface area contributed by atoms with E-state index in [1.54, 1.807) is 6.07 Å². The molecule has 3 rings (SSSR count). The summed E-state index contributed by atoms with van der Waals surface area (Å²) in [5.41, 5.74) is -0.390. The van der Waals surface area contributed by atoms with Gasteiger partial charge in [-0.2, -0.15) is 35.3 Å². The highest BCUT2D eigenvalue weighted by Gasteiger charge is 2.37. The topological polar surface area (TPSA) is 70.8 Å². The van der Waals surface area contributed by atoms with Crippen molar-refractivity contribution in [1.82, 2.24) is 23.2 Å². The zero-order valence-corrected chi connectivity index (χ0v) is 18.0. The smallest absolute Gasteiger partial charge is 0.233 e. The Bertz CT molecular complexity index is 1000. The van der Waals surface area contributed by atoms with E-state index in [1.807, 2.05) is 20.8 Å². The van der Waals surface area contributed by atoms with Gasteiger partial charge >= 0.3 is 6.18 Å². The van der Waals surface area contributed by atoms with Gasteiger partial charge in [-0.05, 0) is 18.9 Å². The van der Waals surface area contributed by atoms with Crippen molar-refractivity contribution in [3.63, 3.8) is 0 Å². The summed E-state index contributed by atoms with van der Waals surface area (Å²) in [5.74, 6) is -0.121. The van der Waals surface area contributed by atoms with Crippen molar-refractivity contribution in [2.24, 2.45) is 0 Å². The highest BCUT2D eigenvalue weighted by Crippen LogP contribution is 2.35. The van der Waals surface area contributed by atoms with Crippen LogP contribution in [0.3, 0.4) is 0 Å². The van der Waals surface area contributed by atoms with Crippen molar-refractivity contribution in [1.29, 1.82) is 0 Å². The number of fused-ring (bicyclic) bond motifs is 1. The van der Waals surface area contributed by atoms with Crippen LogP contribution in [0.25, 0.3) is 5.65 Å². The van der Waals surface area contributed by atoms with Crippen LogP contribution in [0.4, 0.5) is 13.2 Å². The second-order valence-electron chi connectivity index (χ2n) is 8.58. The Kier molecular flexibility index (Phi) is 5.46. The van der Waals surface area contributed by atoms with Crippen LogP contribution in [0, 0.1) is 0 Å². The molecule has 0 N–H and O–H groups in total. The SMILES string of the molecule is CN(C)S(=O)(=O)N1CCC(c2cc3nc(C(C)(C)C)cc(C(F)(F)F)n3n2)CC1. The van der Waals surface area contributed by atoms with E-state index in [-0.39, 0.29) is 11.6 Å². The Labute approximate surface area is 168 Å². The molecule has 0 saturated carbocycles. The summed E-state index contributed by atoms with van der Waals surface area (Å²) in [6.07, 6.45) is -3.58. The highest BCUT2D eigenvalue weighted by molar-refractivity contribution is 7.86. The molecule has 1 aliphatic heterocycles. The van der Waals surface area contributed by atoms with Crippen LogP contribution in [0.2, 0.25) is 0 Å². The molecule has 0 spiro atoms. The van der Waals surface area contributed by atoms with Gasteiger partial charge in [0.25, 0.3) is 10.2 Å². The van der Waals surface area contributed by atoms with Gasteiger partial charge in [0.1, 0.15) is 5.69 Å². The van der Waals surface area contributed by atoms with E-state index in [9.17, 15) is 21.6 Å². The molecule has 1 fully saturated rings. The molecule has 162 valence electrons. The molecule has 0 unspecified atom stereocenters. The average molecular weight is 434 g/mol. The van der Waals surface area contributed by atoms with Gasteiger partial charge in [0.05, 0.1) is 11.4 Å². The largest absolute Gasteiger partial charge is 0.433 e. The molecule has 1 aliphatic rings. The molecule has 11 heteroatoms. The third-order valence-corrected chi connectivity index (χ3v) is 7.11. The monoisotopic (exact) mass is 433 g/mol. The molecule has 2 aromatic rings. The van der Waals surface area contributed by atoms with Crippen LogP contribution >= 0.6 is 0 Å². The van der Waals surface area contributed by atoms with Crippen LogP contribution < -0.4 is 0 Å². The maximum atomic E-state index is 13.6. The maximum absolute atomic E-state index is 13.6. The minimum atomic E-state index is -4.56. The Balaban J connectivity index is 1.95. The molecule has 7 nitrogen and oxygen atoms in total. The molecule has 1 saturated heterocycles. The molecule has 2 aromatic heterocycles. The lowest BCUT2D eigenvalue weighted by atomic mass is 9.91. The first-order chi connectivity index (χ1) is 13.2. The summed E-state index contributed by atoms with van der Waals surface area (Å²) in [5, 5.41) is 4.20. The van der Waals surface area contributed by atoms with Crippen molar-refractivity contribution in [3.05, 3.63) is 29.2 Å². The van der Waals surface area contributed by atoms with E-state index in [4.69, 9.17) is 0 Å². The number of rotatable bonds is 3. The summed E-state index contributed by atoms with van der Waals surface area (Å²) < 4.78 is 68.8. The van der Waals surface area contributed by atoms with Crippen LogP contribution in [-0.4, -0.2) is 58.8 Å². The van der Waals surface area contributed by atoms with Crippen LogP contribution in [0.5, 0.6) is 0 Å². The van der Waals surface area contributed by atoms with Gasteiger partial charge in [-0.15, -0.1) is 0 Å². The minimum Gasteiger partial charge on any atom is -0.233 e. The third-order valence-electron chi connectivity index (χ3n) is 5.16. The molecule has 0 atom stereocenters. The van der Waals surface area contributed by atoms with Crippen molar-refractivity contribution in [3.8, 4) is 0 Å². The van der Waals surface area contributed by atoms with E-state index >= 15 is 0 Å². The van der Waals surface area contributed by atoms with Crippen LogP contribution in [0.15, 0.2) is 12.1 Å². The first kappa shape index (κ1) is 22.0. The lowest BCUT2D eigenvalue weighted by Gasteiger charge is -2.32. The summed E-state index contributed by atoms with van der Waals surface area (Å²) in [6.45, 7) is 6.02. The van der Waals surface area contributed by atoms with Crippen molar-refractivity contribution in [2.75, 3.05) is 27.2 Å². The standard InChI is InChI=1S/C18H26F3N5O2S/c1-17(2,3)14-11-15(18(19,20)21)26-16(22-14)10-13(23-26)12-6-8-25(9-7-12)29(27,28)24(4)5/h10-12H,6-9H2,1-5H3. The molecular formula is C18H26F3N5O2S. The molecule has 0 amide bonds. The molecule has 3 heterocycles. The van der Waals surface area contributed by atoms with Gasteiger partial charge in [-0.3, -0.25) is 0 Å². The number of hydrogen-bond acceptors (Lipinski definition) is 4. The Morgan fingerprint density at radius 3 is 2.17 bits per heavy atom. The fourth-order valence-electron chi connectivity index (χ4n) is 3.39. The van der Waals surface area contributed by atoms with E-state index in [0.29, 0.717) is 37.3 Å². The Morgan fingerprint density at radius 2 is 1.69 bits per heavy atom. The van der Waals surface area contributed by atoms with Crippen molar-refractivity contribution >= 4 is 15.9 Å². The van der Waals surface area contributed by atoms with Gasteiger partial charge in [0, 0.05) is 44.6 Å². The molecule has 0 radical (unpaired) electrons. The fourth-order valence-corrected chi connectivity index (χ4v) is 4.53. The van der Waals surface area contributed by atoms with Gasteiger partial charge in [-0.1, -0.05) is 20.8 Å². The van der Waals surface area contributed by atoms with E-state index in [1.165, 1.54) is 18.4 Å². The summed E-state index contributed by atoms with van der Waals surface area (Å²) in [4.78, 5) is 4.40. The average Bonchev–Trinajstić information content (AvgIpc) is 3.03. The summed E-state index contributed by atoms with van der Waals surface area (Å²) in [7, 11) is -0.553. The second-order valence-corrected chi connectivity index (χ2v) is 10.7. The molecule has 0 aromatic carbocycles. The highest BCUT2D eigenvalue weighted by atomic mass is 32.2. The Hall–Kier alpha value is -1.72. The predicted octanol–water partition coefficient (Wildman–Crippen LogP) is 3.03. The first-order valence-corrected chi connectivity index (χ1v) is 10.8. The third kappa shape index (κ3) is 4.26. The van der Waals surface area contributed by atoms with Gasteiger partial charge in [-0.25, -0.2) is 9.50 Å². The number of alkyl halides is 3.